The molecule has 5 nitrogen and oxygen atoms in total. The van der Waals surface area contributed by atoms with Gasteiger partial charge in [0.2, 0.25) is 11.8 Å². The highest BCUT2D eigenvalue weighted by Gasteiger charge is 2.16. The van der Waals surface area contributed by atoms with Crippen molar-refractivity contribution in [3.8, 4) is 0 Å². The number of hydrogen-bond acceptors (Lipinski definition) is 3. The van der Waals surface area contributed by atoms with Crippen LogP contribution in [-0.4, -0.2) is 54.8 Å². The van der Waals surface area contributed by atoms with Crippen LogP contribution in [-0.2, 0) is 9.59 Å². The van der Waals surface area contributed by atoms with E-state index < -0.39 is 0 Å². The molecule has 122 valence electrons. The van der Waals surface area contributed by atoms with Crippen molar-refractivity contribution in [1.82, 2.24) is 9.80 Å². The van der Waals surface area contributed by atoms with Crippen LogP contribution in [0.1, 0.15) is 25.0 Å². The van der Waals surface area contributed by atoms with E-state index in [0.29, 0.717) is 0 Å². The third kappa shape index (κ3) is 5.15. The topological polar surface area (TPSA) is 52.7 Å². The number of anilines is 1. The van der Waals surface area contributed by atoms with Gasteiger partial charge < -0.3 is 10.2 Å². The highest BCUT2D eigenvalue weighted by molar-refractivity contribution is 5.94. The van der Waals surface area contributed by atoms with Gasteiger partial charge in [-0.1, -0.05) is 18.2 Å². The normalized spacial score (nSPS) is 10.9. The van der Waals surface area contributed by atoms with E-state index in [1.165, 1.54) is 0 Å². The van der Waals surface area contributed by atoms with Gasteiger partial charge in [0.1, 0.15) is 0 Å². The Morgan fingerprint density at radius 2 is 1.64 bits per heavy atom. The summed E-state index contributed by atoms with van der Waals surface area (Å²) in [5.74, 6) is -0.0997. The molecule has 1 aromatic rings. The second-order valence-corrected chi connectivity index (χ2v) is 6.09. The smallest absolute Gasteiger partial charge is 0.238 e. The molecule has 0 unspecified atom stereocenters. The fraction of sp³-hybridized carbons (Fsp3) is 0.529. The van der Waals surface area contributed by atoms with E-state index >= 15 is 0 Å². The third-order valence-corrected chi connectivity index (χ3v) is 3.73. The van der Waals surface area contributed by atoms with Crippen LogP contribution in [0.4, 0.5) is 5.69 Å². The minimum atomic E-state index is -0.111. The van der Waals surface area contributed by atoms with Crippen molar-refractivity contribution < 1.29 is 9.59 Å². The molecule has 1 rings (SSSR count). The molecule has 0 saturated heterocycles. The molecule has 5 heteroatoms. The molecule has 0 aliphatic carbocycles. The fourth-order valence-electron chi connectivity index (χ4n) is 2.12. The van der Waals surface area contributed by atoms with Gasteiger partial charge >= 0.3 is 0 Å². The number of hydrogen-bond donors (Lipinski definition) is 1. The Morgan fingerprint density at radius 3 is 2.14 bits per heavy atom. The van der Waals surface area contributed by atoms with Crippen molar-refractivity contribution in [2.24, 2.45) is 0 Å². The molecule has 0 spiro atoms. The number of para-hydroxylation sites is 1. The first-order chi connectivity index (χ1) is 10.2. The summed E-state index contributed by atoms with van der Waals surface area (Å²) in [4.78, 5) is 27.5. The standard InChI is InChI=1S/C17H27N3O2/c1-12(2)20(6)16(22)11-19(5)10-15(21)18-17-13(3)8-7-9-14(17)4/h7-9,12H,10-11H2,1-6H3,(H,18,21). The Hall–Kier alpha value is -1.88. The highest BCUT2D eigenvalue weighted by Crippen LogP contribution is 2.19. The van der Waals surface area contributed by atoms with Crippen molar-refractivity contribution in [3.63, 3.8) is 0 Å². The van der Waals surface area contributed by atoms with Crippen LogP contribution in [0.25, 0.3) is 0 Å². The van der Waals surface area contributed by atoms with E-state index in [4.69, 9.17) is 0 Å². The maximum Gasteiger partial charge on any atom is 0.238 e. The number of carbonyl (C=O) groups excluding carboxylic acids is 2. The molecule has 0 atom stereocenters. The van der Waals surface area contributed by atoms with E-state index in [0.717, 1.165) is 16.8 Å². The summed E-state index contributed by atoms with van der Waals surface area (Å²) < 4.78 is 0. The van der Waals surface area contributed by atoms with Gasteiger partial charge in [-0.05, 0) is 45.9 Å². The fourth-order valence-corrected chi connectivity index (χ4v) is 2.12. The average Bonchev–Trinajstić information content (AvgIpc) is 2.41. The molecule has 22 heavy (non-hydrogen) atoms. The lowest BCUT2D eigenvalue weighted by Gasteiger charge is -2.24. The predicted molar refractivity (Wildman–Crippen MR) is 89.9 cm³/mol. The molecule has 0 aliphatic heterocycles. The van der Waals surface area contributed by atoms with Crippen molar-refractivity contribution >= 4 is 17.5 Å². The van der Waals surface area contributed by atoms with Gasteiger partial charge in [0, 0.05) is 18.8 Å². The van der Waals surface area contributed by atoms with Gasteiger partial charge in [0.05, 0.1) is 13.1 Å². The number of likely N-dealkylation sites (N-methyl/N-ethyl adjacent to an activating group) is 2. The maximum absolute atomic E-state index is 12.1. The molecular formula is C17H27N3O2. The summed E-state index contributed by atoms with van der Waals surface area (Å²) in [7, 11) is 3.55. The van der Waals surface area contributed by atoms with Crippen molar-refractivity contribution in [2.75, 3.05) is 32.5 Å². The zero-order chi connectivity index (χ0) is 16.9. The van der Waals surface area contributed by atoms with E-state index in [1.807, 2.05) is 45.9 Å². The van der Waals surface area contributed by atoms with E-state index in [2.05, 4.69) is 5.32 Å². The lowest BCUT2D eigenvalue weighted by atomic mass is 10.1. The lowest BCUT2D eigenvalue weighted by molar-refractivity contribution is -0.132. The monoisotopic (exact) mass is 305 g/mol. The first kappa shape index (κ1) is 18.2. The zero-order valence-corrected chi connectivity index (χ0v) is 14.4. The molecular weight excluding hydrogens is 278 g/mol. The number of benzene rings is 1. The quantitative estimate of drug-likeness (QED) is 0.875. The van der Waals surface area contributed by atoms with Gasteiger partial charge in [-0.3, -0.25) is 14.5 Å². The van der Waals surface area contributed by atoms with Crippen LogP contribution in [0.5, 0.6) is 0 Å². The van der Waals surface area contributed by atoms with Crippen LogP contribution in [0.3, 0.4) is 0 Å². The number of nitrogens with one attached hydrogen (secondary N) is 1. The minimum Gasteiger partial charge on any atom is -0.342 e. The molecule has 2 amide bonds. The first-order valence-corrected chi connectivity index (χ1v) is 7.52. The van der Waals surface area contributed by atoms with Crippen LogP contribution < -0.4 is 5.32 Å². The van der Waals surface area contributed by atoms with Crippen LogP contribution in [0.2, 0.25) is 0 Å². The Balaban J connectivity index is 2.56. The SMILES string of the molecule is Cc1cccc(C)c1NC(=O)CN(C)CC(=O)N(C)C(C)C. The molecule has 1 aromatic carbocycles. The predicted octanol–water partition coefficient (Wildman–Crippen LogP) is 2.04. The van der Waals surface area contributed by atoms with E-state index in [1.54, 1.807) is 23.9 Å². The molecule has 0 radical (unpaired) electrons. The molecule has 0 heterocycles. The highest BCUT2D eigenvalue weighted by atomic mass is 16.2. The van der Waals surface area contributed by atoms with E-state index in [-0.39, 0.29) is 30.9 Å². The zero-order valence-electron chi connectivity index (χ0n) is 14.4. The molecule has 1 N–H and O–H groups in total. The van der Waals surface area contributed by atoms with Gasteiger partial charge in [0.15, 0.2) is 0 Å². The summed E-state index contributed by atoms with van der Waals surface area (Å²) in [6, 6.07) is 6.05. The Morgan fingerprint density at radius 1 is 1.09 bits per heavy atom. The summed E-state index contributed by atoms with van der Waals surface area (Å²) in [5.41, 5.74) is 2.92. The van der Waals surface area contributed by atoms with Gasteiger partial charge in [0.25, 0.3) is 0 Å². The van der Waals surface area contributed by atoms with E-state index in [9.17, 15) is 9.59 Å². The molecule has 0 aromatic heterocycles. The maximum atomic E-state index is 12.1. The summed E-state index contributed by atoms with van der Waals surface area (Å²) in [5, 5.41) is 2.93. The van der Waals surface area contributed by atoms with Crippen molar-refractivity contribution in [1.29, 1.82) is 0 Å². The average molecular weight is 305 g/mol. The van der Waals surface area contributed by atoms with Crippen molar-refractivity contribution in [2.45, 2.75) is 33.7 Å². The Kier molecular flexibility index (Phi) is 6.56. The summed E-state index contributed by atoms with van der Waals surface area (Å²) >= 11 is 0. The molecule has 0 fully saturated rings. The largest absolute Gasteiger partial charge is 0.342 e. The van der Waals surface area contributed by atoms with Gasteiger partial charge in [-0.25, -0.2) is 0 Å². The van der Waals surface area contributed by atoms with Crippen molar-refractivity contribution in [3.05, 3.63) is 29.3 Å². The van der Waals surface area contributed by atoms with Gasteiger partial charge in [-0.2, -0.15) is 0 Å². The summed E-state index contributed by atoms with van der Waals surface area (Å²) in [6.07, 6.45) is 0. The third-order valence-electron chi connectivity index (χ3n) is 3.73. The molecule has 0 bridgehead atoms. The second kappa shape index (κ2) is 7.94. The Bertz CT molecular complexity index is 520. The minimum absolute atomic E-state index is 0.0115. The van der Waals surface area contributed by atoms with Crippen LogP contribution in [0, 0.1) is 13.8 Å². The van der Waals surface area contributed by atoms with Gasteiger partial charge in [-0.15, -0.1) is 0 Å². The number of aryl methyl sites for hydroxylation is 2. The number of nitrogens with zero attached hydrogens (tertiary/aromatic N) is 2. The van der Waals surface area contributed by atoms with Crippen LogP contribution in [0.15, 0.2) is 18.2 Å². The second-order valence-electron chi connectivity index (χ2n) is 6.09. The molecule has 0 aliphatic rings. The number of rotatable bonds is 6. The molecule has 0 saturated carbocycles. The lowest BCUT2D eigenvalue weighted by Crippen LogP contribution is -2.42. The summed E-state index contributed by atoms with van der Waals surface area (Å²) in [6.45, 7) is 8.28. The first-order valence-electron chi connectivity index (χ1n) is 7.52. The Labute approximate surface area is 133 Å². The number of amides is 2. The number of carbonyl (C=O) groups is 2. The van der Waals surface area contributed by atoms with Crippen LogP contribution >= 0.6 is 0 Å².